The van der Waals surface area contributed by atoms with Crippen molar-refractivity contribution in [2.24, 2.45) is 0 Å². The van der Waals surface area contributed by atoms with Gasteiger partial charge in [-0.15, -0.1) is 0 Å². The molecule has 9 heteroatoms. The van der Waals surface area contributed by atoms with E-state index < -0.39 is 23.6 Å². The van der Waals surface area contributed by atoms with Crippen LogP contribution in [0.1, 0.15) is 26.5 Å². The Labute approximate surface area is 170 Å². The van der Waals surface area contributed by atoms with E-state index in [0.29, 0.717) is 5.56 Å². The first-order valence-electron chi connectivity index (χ1n) is 8.80. The molecule has 1 aromatic heterocycles. The minimum absolute atomic E-state index is 0.0938. The Morgan fingerprint density at radius 2 is 1.60 bits per heavy atom. The van der Waals surface area contributed by atoms with Gasteiger partial charge in [0.15, 0.2) is 5.76 Å². The lowest BCUT2D eigenvalue weighted by Crippen LogP contribution is -2.41. The summed E-state index contributed by atoms with van der Waals surface area (Å²) >= 11 is 0. The summed E-state index contributed by atoms with van der Waals surface area (Å²) in [6.07, 6.45) is -4.49. The fourth-order valence-electron chi connectivity index (χ4n) is 2.64. The molecule has 0 aliphatic rings. The number of hydrogen-bond donors (Lipinski definition) is 2. The van der Waals surface area contributed by atoms with E-state index in [0.717, 1.165) is 17.8 Å². The first-order chi connectivity index (χ1) is 14.1. The Morgan fingerprint density at radius 3 is 2.30 bits per heavy atom. The fourth-order valence-corrected chi connectivity index (χ4v) is 2.64. The molecule has 0 atom stereocenters. The van der Waals surface area contributed by atoms with Crippen LogP contribution >= 0.6 is 0 Å². The maximum absolute atomic E-state index is 12.9. The second kappa shape index (κ2) is 8.32. The lowest BCUT2D eigenvalue weighted by molar-refractivity contribution is -0.137. The van der Waals surface area contributed by atoms with Crippen LogP contribution in [0.4, 0.5) is 18.9 Å². The molecule has 0 aliphatic carbocycles. The van der Waals surface area contributed by atoms with Crippen molar-refractivity contribution in [1.29, 1.82) is 0 Å². The maximum atomic E-state index is 12.9. The Hall–Kier alpha value is -3.75. The summed E-state index contributed by atoms with van der Waals surface area (Å²) in [4.78, 5) is 26.3. The molecule has 0 radical (unpaired) electrons. The molecule has 0 unspecified atom stereocenters. The van der Waals surface area contributed by atoms with Crippen LogP contribution in [-0.4, -0.2) is 25.9 Å². The van der Waals surface area contributed by atoms with Crippen LogP contribution in [0.2, 0.25) is 0 Å². The number of benzene rings is 2. The molecule has 2 amide bonds. The molecule has 3 aromatic rings. The highest BCUT2D eigenvalue weighted by Crippen LogP contribution is 2.32. The molecule has 2 N–H and O–H groups in total. The second-order valence-corrected chi connectivity index (χ2v) is 6.60. The third-order valence-electron chi connectivity index (χ3n) is 4.22. The predicted octanol–water partition coefficient (Wildman–Crippen LogP) is 4.11. The van der Waals surface area contributed by atoms with Crippen LogP contribution in [0.25, 0.3) is 11.3 Å². The van der Waals surface area contributed by atoms with Crippen LogP contribution in [0, 0.1) is 0 Å². The van der Waals surface area contributed by atoms with Crippen molar-refractivity contribution in [3.05, 3.63) is 77.6 Å². The van der Waals surface area contributed by atoms with E-state index in [1.165, 1.54) is 24.3 Å². The van der Waals surface area contributed by atoms with Gasteiger partial charge in [-0.05, 0) is 42.5 Å². The molecule has 0 saturated heterocycles. The summed E-state index contributed by atoms with van der Waals surface area (Å²) in [7, 11) is 3.66. The van der Waals surface area contributed by atoms with E-state index >= 15 is 0 Å². The third-order valence-corrected chi connectivity index (χ3v) is 4.22. The normalized spacial score (nSPS) is 11.1. The number of carbonyl (C=O) groups excluding carboxylic acids is 2. The van der Waals surface area contributed by atoms with Crippen molar-refractivity contribution in [3.8, 4) is 11.3 Å². The molecular formula is C21H18F3N3O3. The lowest BCUT2D eigenvalue weighted by atomic mass is 10.1. The number of nitrogens with zero attached hydrogens (tertiary/aromatic N) is 1. The summed E-state index contributed by atoms with van der Waals surface area (Å²) in [5, 5.41) is 0. The van der Waals surface area contributed by atoms with Crippen molar-refractivity contribution in [3.63, 3.8) is 0 Å². The minimum atomic E-state index is -4.49. The van der Waals surface area contributed by atoms with Gasteiger partial charge in [0.2, 0.25) is 0 Å². The number of furan rings is 1. The van der Waals surface area contributed by atoms with Gasteiger partial charge < -0.3 is 9.32 Å². The van der Waals surface area contributed by atoms with Gasteiger partial charge in [-0.25, -0.2) is 0 Å². The molecule has 156 valence electrons. The summed E-state index contributed by atoms with van der Waals surface area (Å²) in [6.45, 7) is 0. The predicted molar refractivity (Wildman–Crippen MR) is 105 cm³/mol. The summed E-state index contributed by atoms with van der Waals surface area (Å²) < 4.78 is 43.9. The van der Waals surface area contributed by atoms with Gasteiger partial charge >= 0.3 is 12.1 Å². The number of hydrazine groups is 1. The standard InChI is InChI=1S/C21H18F3N3O3/c1-27(2)16-8-4-6-14(12-16)19(28)25-26-20(29)18-10-9-17(30-18)13-5-3-7-15(11-13)21(22,23)24/h3-12H,1-2H3,(H,25,28)(H,26,29). The average Bonchev–Trinajstić information content (AvgIpc) is 3.21. The quantitative estimate of drug-likeness (QED) is 0.627. The zero-order valence-corrected chi connectivity index (χ0v) is 16.1. The van der Waals surface area contributed by atoms with Gasteiger partial charge in [0.25, 0.3) is 5.91 Å². The van der Waals surface area contributed by atoms with Crippen LogP contribution in [0.3, 0.4) is 0 Å². The topological polar surface area (TPSA) is 74.6 Å². The van der Waals surface area contributed by atoms with Gasteiger partial charge in [0.05, 0.1) is 5.56 Å². The summed E-state index contributed by atoms with van der Waals surface area (Å²) in [5.74, 6) is -1.34. The number of rotatable bonds is 4. The lowest BCUT2D eigenvalue weighted by Gasteiger charge is -2.13. The van der Waals surface area contributed by atoms with E-state index in [9.17, 15) is 22.8 Å². The van der Waals surface area contributed by atoms with Gasteiger partial charge in [-0.3, -0.25) is 20.4 Å². The molecule has 0 fully saturated rings. The molecule has 0 bridgehead atoms. The van der Waals surface area contributed by atoms with Crippen molar-refractivity contribution in [2.45, 2.75) is 6.18 Å². The van der Waals surface area contributed by atoms with Crippen LogP contribution < -0.4 is 15.8 Å². The Morgan fingerprint density at radius 1 is 0.900 bits per heavy atom. The molecule has 0 saturated carbocycles. The minimum Gasteiger partial charge on any atom is -0.451 e. The molecule has 1 heterocycles. The highest BCUT2D eigenvalue weighted by molar-refractivity contribution is 5.98. The number of anilines is 1. The molecule has 2 aromatic carbocycles. The van der Waals surface area contributed by atoms with Crippen molar-refractivity contribution in [2.75, 3.05) is 19.0 Å². The molecule has 3 rings (SSSR count). The highest BCUT2D eigenvalue weighted by atomic mass is 19.4. The van der Waals surface area contributed by atoms with E-state index in [1.54, 1.807) is 18.2 Å². The molecular weight excluding hydrogens is 399 g/mol. The van der Waals surface area contributed by atoms with Crippen LogP contribution in [0.5, 0.6) is 0 Å². The molecule has 6 nitrogen and oxygen atoms in total. The number of alkyl halides is 3. The SMILES string of the molecule is CN(C)c1cccc(C(=O)NNC(=O)c2ccc(-c3cccc(C(F)(F)F)c3)o2)c1. The van der Waals surface area contributed by atoms with E-state index in [1.807, 2.05) is 25.1 Å². The van der Waals surface area contributed by atoms with E-state index in [2.05, 4.69) is 10.9 Å². The third kappa shape index (κ3) is 4.80. The van der Waals surface area contributed by atoms with Crippen molar-refractivity contribution in [1.82, 2.24) is 10.9 Å². The van der Waals surface area contributed by atoms with Crippen LogP contribution in [0.15, 0.2) is 65.1 Å². The molecule has 0 aliphatic heterocycles. The van der Waals surface area contributed by atoms with Gasteiger partial charge in [0.1, 0.15) is 5.76 Å². The number of hydrogen-bond acceptors (Lipinski definition) is 4. The second-order valence-electron chi connectivity index (χ2n) is 6.60. The number of carbonyl (C=O) groups is 2. The highest BCUT2D eigenvalue weighted by Gasteiger charge is 2.30. The van der Waals surface area contributed by atoms with E-state index in [-0.39, 0.29) is 17.1 Å². The molecule has 30 heavy (non-hydrogen) atoms. The monoisotopic (exact) mass is 417 g/mol. The van der Waals surface area contributed by atoms with Crippen LogP contribution in [-0.2, 0) is 6.18 Å². The van der Waals surface area contributed by atoms with Gasteiger partial charge in [0, 0.05) is 30.9 Å². The average molecular weight is 417 g/mol. The number of amides is 2. The summed E-state index contributed by atoms with van der Waals surface area (Å²) in [5.41, 5.74) is 5.00. The Balaban J connectivity index is 1.67. The van der Waals surface area contributed by atoms with Crippen molar-refractivity contribution < 1.29 is 27.2 Å². The van der Waals surface area contributed by atoms with E-state index in [4.69, 9.17) is 4.42 Å². The summed E-state index contributed by atoms with van der Waals surface area (Å²) in [6, 6.07) is 14.0. The zero-order valence-electron chi connectivity index (χ0n) is 16.1. The van der Waals surface area contributed by atoms with Crippen molar-refractivity contribution >= 4 is 17.5 Å². The zero-order chi connectivity index (χ0) is 21.9. The van der Waals surface area contributed by atoms with Gasteiger partial charge in [-0.1, -0.05) is 18.2 Å². The Bertz CT molecular complexity index is 1070. The number of halogens is 3. The number of nitrogens with one attached hydrogen (secondary N) is 2. The van der Waals surface area contributed by atoms with Gasteiger partial charge in [-0.2, -0.15) is 13.2 Å². The smallest absolute Gasteiger partial charge is 0.416 e. The fraction of sp³-hybridized carbons (Fsp3) is 0.143. The first-order valence-corrected chi connectivity index (χ1v) is 8.80. The largest absolute Gasteiger partial charge is 0.451 e. The molecule has 0 spiro atoms. The first kappa shape index (κ1) is 21.0. The maximum Gasteiger partial charge on any atom is 0.416 e. The Kier molecular flexibility index (Phi) is 5.81.